The number of rotatable bonds is 4. The standard InChI is InChI=1S/C16H17NOS/c1-12(13-8-4-3-5-9-13)17-16(19)14-10-6-7-11-15(14)18-2/h3-12H,1-2H3,(H,17,19). The first-order valence-corrected chi connectivity index (χ1v) is 6.62. The van der Waals surface area contributed by atoms with Crippen LogP contribution >= 0.6 is 12.2 Å². The molecule has 0 spiro atoms. The molecule has 0 radical (unpaired) electrons. The smallest absolute Gasteiger partial charge is 0.129 e. The lowest BCUT2D eigenvalue weighted by molar-refractivity contribution is 0.413. The van der Waals surface area contributed by atoms with Gasteiger partial charge in [0.25, 0.3) is 0 Å². The van der Waals surface area contributed by atoms with Crippen molar-refractivity contribution in [3.63, 3.8) is 0 Å². The van der Waals surface area contributed by atoms with Crippen LogP contribution in [0, 0.1) is 0 Å². The van der Waals surface area contributed by atoms with Gasteiger partial charge >= 0.3 is 0 Å². The molecule has 0 fully saturated rings. The molecule has 0 amide bonds. The second kappa shape index (κ2) is 6.34. The zero-order valence-electron chi connectivity index (χ0n) is 11.1. The van der Waals surface area contributed by atoms with E-state index in [1.54, 1.807) is 7.11 Å². The SMILES string of the molecule is COc1ccccc1C(=S)NC(C)c1ccccc1. The van der Waals surface area contributed by atoms with Gasteiger partial charge in [0.2, 0.25) is 0 Å². The van der Waals surface area contributed by atoms with Crippen molar-refractivity contribution in [1.82, 2.24) is 5.32 Å². The summed E-state index contributed by atoms with van der Waals surface area (Å²) in [6, 6.07) is 18.2. The van der Waals surface area contributed by atoms with Crippen molar-refractivity contribution < 1.29 is 4.74 Å². The zero-order valence-corrected chi connectivity index (χ0v) is 11.9. The van der Waals surface area contributed by atoms with Crippen LogP contribution in [-0.4, -0.2) is 12.1 Å². The summed E-state index contributed by atoms with van der Waals surface area (Å²) >= 11 is 5.46. The number of para-hydroxylation sites is 1. The highest BCUT2D eigenvalue weighted by Gasteiger charge is 2.11. The second-order valence-corrected chi connectivity index (χ2v) is 4.71. The highest BCUT2D eigenvalue weighted by atomic mass is 32.1. The Kier molecular flexibility index (Phi) is 4.53. The van der Waals surface area contributed by atoms with Crippen LogP contribution in [-0.2, 0) is 0 Å². The van der Waals surface area contributed by atoms with Gasteiger partial charge in [-0.1, -0.05) is 54.7 Å². The first-order chi connectivity index (χ1) is 9.22. The number of methoxy groups -OCH3 is 1. The molecule has 0 saturated carbocycles. The van der Waals surface area contributed by atoms with Gasteiger partial charge in [-0.2, -0.15) is 0 Å². The van der Waals surface area contributed by atoms with Crippen LogP contribution < -0.4 is 10.1 Å². The summed E-state index contributed by atoms with van der Waals surface area (Å²) in [5.74, 6) is 0.792. The lowest BCUT2D eigenvalue weighted by Gasteiger charge is -2.17. The van der Waals surface area contributed by atoms with Crippen LogP contribution in [0.5, 0.6) is 5.75 Å². The lowest BCUT2D eigenvalue weighted by atomic mass is 10.1. The van der Waals surface area contributed by atoms with E-state index in [1.807, 2.05) is 42.5 Å². The monoisotopic (exact) mass is 271 g/mol. The van der Waals surface area contributed by atoms with Crippen LogP contribution in [0.25, 0.3) is 0 Å². The summed E-state index contributed by atoms with van der Waals surface area (Å²) in [5.41, 5.74) is 2.13. The summed E-state index contributed by atoms with van der Waals surface area (Å²) in [5, 5.41) is 3.34. The minimum absolute atomic E-state index is 0.165. The molecular weight excluding hydrogens is 254 g/mol. The van der Waals surface area contributed by atoms with E-state index < -0.39 is 0 Å². The Labute approximate surface area is 119 Å². The quantitative estimate of drug-likeness (QED) is 0.856. The Balaban J connectivity index is 2.13. The fourth-order valence-corrected chi connectivity index (χ4v) is 2.28. The first kappa shape index (κ1) is 13.6. The van der Waals surface area contributed by atoms with Gasteiger partial charge in [0, 0.05) is 6.04 Å². The van der Waals surface area contributed by atoms with E-state index in [2.05, 4.69) is 24.4 Å². The summed E-state index contributed by atoms with van der Waals surface area (Å²) in [7, 11) is 1.65. The predicted molar refractivity (Wildman–Crippen MR) is 82.7 cm³/mol. The maximum Gasteiger partial charge on any atom is 0.129 e. The largest absolute Gasteiger partial charge is 0.496 e. The molecule has 0 bridgehead atoms. The number of hydrogen-bond acceptors (Lipinski definition) is 2. The Hall–Kier alpha value is -1.87. The molecule has 2 nitrogen and oxygen atoms in total. The van der Waals surface area contributed by atoms with Gasteiger partial charge in [-0.05, 0) is 24.6 Å². The average molecular weight is 271 g/mol. The molecule has 2 aromatic carbocycles. The number of hydrogen-bond donors (Lipinski definition) is 1. The van der Waals surface area contributed by atoms with Gasteiger partial charge in [-0.15, -0.1) is 0 Å². The van der Waals surface area contributed by atoms with Crippen molar-refractivity contribution in [2.75, 3.05) is 7.11 Å². The van der Waals surface area contributed by atoms with Crippen LogP contribution in [0.1, 0.15) is 24.1 Å². The highest BCUT2D eigenvalue weighted by Crippen LogP contribution is 2.19. The van der Waals surface area contributed by atoms with Crippen molar-refractivity contribution in [1.29, 1.82) is 0 Å². The first-order valence-electron chi connectivity index (χ1n) is 6.21. The van der Waals surface area contributed by atoms with Crippen molar-refractivity contribution in [3.8, 4) is 5.75 Å². The number of thiocarbonyl (C=S) groups is 1. The van der Waals surface area contributed by atoms with Crippen LogP contribution in [0.2, 0.25) is 0 Å². The number of nitrogens with one attached hydrogen (secondary N) is 1. The van der Waals surface area contributed by atoms with Crippen LogP contribution in [0.4, 0.5) is 0 Å². The van der Waals surface area contributed by atoms with Crippen molar-refractivity contribution >= 4 is 17.2 Å². The van der Waals surface area contributed by atoms with E-state index in [9.17, 15) is 0 Å². The predicted octanol–water partition coefficient (Wildman–Crippen LogP) is 3.72. The van der Waals surface area contributed by atoms with E-state index in [0.29, 0.717) is 4.99 Å². The second-order valence-electron chi connectivity index (χ2n) is 4.31. The van der Waals surface area contributed by atoms with Crippen molar-refractivity contribution in [2.24, 2.45) is 0 Å². The van der Waals surface area contributed by atoms with Crippen molar-refractivity contribution in [3.05, 3.63) is 65.7 Å². The third-order valence-electron chi connectivity index (χ3n) is 3.00. The normalized spacial score (nSPS) is 11.7. The van der Waals surface area contributed by atoms with Crippen LogP contribution in [0.15, 0.2) is 54.6 Å². The fraction of sp³-hybridized carbons (Fsp3) is 0.188. The molecule has 0 aromatic heterocycles. The van der Waals surface area contributed by atoms with E-state index in [4.69, 9.17) is 17.0 Å². The third kappa shape index (κ3) is 3.32. The average Bonchev–Trinajstić information content (AvgIpc) is 2.48. The molecule has 0 aliphatic rings. The molecule has 0 aliphatic carbocycles. The minimum Gasteiger partial charge on any atom is -0.496 e. The molecule has 2 aromatic rings. The zero-order chi connectivity index (χ0) is 13.7. The summed E-state index contributed by atoms with van der Waals surface area (Å²) in [4.78, 5) is 0.703. The summed E-state index contributed by atoms with van der Waals surface area (Å²) in [6.45, 7) is 2.09. The molecule has 2 rings (SSSR count). The Morgan fingerprint density at radius 3 is 2.37 bits per heavy atom. The lowest BCUT2D eigenvalue weighted by Crippen LogP contribution is -2.26. The Morgan fingerprint density at radius 2 is 1.68 bits per heavy atom. The van der Waals surface area contributed by atoms with Gasteiger partial charge in [-0.3, -0.25) is 0 Å². The molecule has 19 heavy (non-hydrogen) atoms. The number of benzene rings is 2. The van der Waals surface area contributed by atoms with E-state index in [1.165, 1.54) is 5.56 Å². The molecule has 0 saturated heterocycles. The Bertz CT molecular complexity index is 554. The molecule has 0 aliphatic heterocycles. The summed E-state index contributed by atoms with van der Waals surface area (Å²) < 4.78 is 5.33. The highest BCUT2D eigenvalue weighted by molar-refractivity contribution is 7.80. The van der Waals surface area contributed by atoms with E-state index >= 15 is 0 Å². The van der Waals surface area contributed by atoms with Crippen LogP contribution in [0.3, 0.4) is 0 Å². The van der Waals surface area contributed by atoms with Gasteiger partial charge in [-0.25, -0.2) is 0 Å². The van der Waals surface area contributed by atoms with E-state index in [-0.39, 0.29) is 6.04 Å². The maximum absolute atomic E-state index is 5.46. The molecule has 98 valence electrons. The van der Waals surface area contributed by atoms with E-state index in [0.717, 1.165) is 11.3 Å². The molecule has 1 unspecified atom stereocenters. The van der Waals surface area contributed by atoms with Gasteiger partial charge in [0.15, 0.2) is 0 Å². The van der Waals surface area contributed by atoms with Gasteiger partial charge in [0.05, 0.1) is 12.7 Å². The minimum atomic E-state index is 0.165. The topological polar surface area (TPSA) is 21.3 Å². The fourth-order valence-electron chi connectivity index (χ4n) is 1.93. The van der Waals surface area contributed by atoms with Gasteiger partial charge < -0.3 is 10.1 Å². The summed E-state index contributed by atoms with van der Waals surface area (Å²) in [6.07, 6.45) is 0. The molecule has 0 heterocycles. The van der Waals surface area contributed by atoms with Gasteiger partial charge in [0.1, 0.15) is 10.7 Å². The van der Waals surface area contributed by atoms with Crippen molar-refractivity contribution in [2.45, 2.75) is 13.0 Å². The molecular formula is C16H17NOS. The maximum atomic E-state index is 5.46. The molecule has 3 heteroatoms. The molecule has 1 N–H and O–H groups in total. The third-order valence-corrected chi connectivity index (χ3v) is 3.34. The molecule has 1 atom stereocenters. The number of ether oxygens (including phenoxy) is 1. The Morgan fingerprint density at radius 1 is 1.05 bits per heavy atom.